The van der Waals surface area contributed by atoms with E-state index in [0.717, 1.165) is 81.7 Å². The largest absolute Gasteiger partial charge is 0.0758 e. The van der Waals surface area contributed by atoms with E-state index in [0.29, 0.717) is 5.31 Å². The van der Waals surface area contributed by atoms with Gasteiger partial charge in [-0.05, 0) is 184 Å². The fourth-order valence-electron chi connectivity index (χ4n) is 35.1. The SMILES string of the molecule is [B]C12CC3C4C5CC6C7C8C9C%10CC%11C%12C%13CC%14C%15C1C1%16C%17C%15%18C%14%13C%12%13C%11%10C9%10C89C78C56C4(C321)C%168C%179C%18%13%10. The van der Waals surface area contributed by atoms with Crippen molar-refractivity contribution in [2.75, 3.05) is 0 Å². The van der Waals surface area contributed by atoms with Crippen molar-refractivity contribution in [2.24, 2.45) is 165 Å². The lowest BCUT2D eigenvalue weighted by Crippen LogP contribution is -3.51. The van der Waals surface area contributed by atoms with Gasteiger partial charge < -0.3 is 0 Å². The molecule has 23 aliphatic rings. The van der Waals surface area contributed by atoms with Gasteiger partial charge in [-0.15, -0.1) is 0 Å². The van der Waals surface area contributed by atoms with Crippen molar-refractivity contribution in [1.82, 2.24) is 0 Å². The van der Waals surface area contributed by atoms with Crippen LogP contribution in [0.2, 0.25) is 5.31 Å². The standard InChI is InChI=1S/C34H23B/c35-20-4-11-13-7-3-9-15-17-14-8-2-6-12-5-1-10-16-18(20)25-19-24(16)21(5,10)27(12)22(6,8)29(14)31(17)30(15)23(7,9)28(13,26(11,20)25)34(25,30)32(19,31)33(24,27)29/h5-19H,1-4H2. The smallest absolute Gasteiger partial charge is 0.0552 e. The first kappa shape index (κ1) is 12.5. The molecule has 0 heterocycles. The summed E-state index contributed by atoms with van der Waals surface area (Å²) in [6, 6.07) is 0. The van der Waals surface area contributed by atoms with Gasteiger partial charge in [0.15, 0.2) is 0 Å². The summed E-state index contributed by atoms with van der Waals surface area (Å²) in [4.78, 5) is 0. The fraction of sp³-hybridized carbons (Fsp3) is 1.00. The third-order valence-corrected chi connectivity index (χ3v) is 28.3. The summed E-state index contributed by atoms with van der Waals surface area (Å²) in [6.07, 6.45) is 6.84. The molecule has 2 radical (unpaired) electrons. The van der Waals surface area contributed by atoms with Crippen molar-refractivity contribution >= 4 is 7.85 Å². The van der Waals surface area contributed by atoms with Gasteiger partial charge in [0.2, 0.25) is 0 Å². The molecule has 30 unspecified atom stereocenters. The minimum Gasteiger partial charge on any atom is -0.0552 e. The molecule has 0 N–H and O–H groups in total. The van der Waals surface area contributed by atoms with Gasteiger partial charge in [0, 0.05) is 0 Å². The monoisotopic (exact) mass is 442 g/mol. The Morgan fingerprint density at radius 2 is 1.03 bits per heavy atom. The highest BCUT2D eigenvalue weighted by molar-refractivity contribution is 6.21. The third-order valence-electron chi connectivity index (χ3n) is 28.3. The second-order valence-corrected chi connectivity index (χ2v) is 21.8. The van der Waals surface area contributed by atoms with Crippen molar-refractivity contribution in [3.05, 3.63) is 0 Å². The van der Waals surface area contributed by atoms with Gasteiger partial charge in [0.05, 0.1) is 7.85 Å². The molecule has 14 spiro atoms. The Kier molecular flexibility index (Phi) is 0.688. The van der Waals surface area contributed by atoms with Crippen molar-refractivity contribution in [1.29, 1.82) is 0 Å². The van der Waals surface area contributed by atoms with Gasteiger partial charge in [0.1, 0.15) is 0 Å². The second-order valence-electron chi connectivity index (χ2n) is 21.8. The van der Waals surface area contributed by atoms with Crippen molar-refractivity contribution < 1.29 is 0 Å². The van der Waals surface area contributed by atoms with Crippen LogP contribution in [0.15, 0.2) is 0 Å². The van der Waals surface area contributed by atoms with E-state index in [1.165, 1.54) is 82.9 Å². The number of hydrogen-bond donors (Lipinski definition) is 0. The van der Waals surface area contributed by atoms with Crippen LogP contribution in [0.5, 0.6) is 0 Å². The molecule has 0 amide bonds. The molecule has 0 aromatic rings. The van der Waals surface area contributed by atoms with Gasteiger partial charge in [-0.2, -0.15) is 0 Å². The number of rotatable bonds is 0. The molecule has 1 heteroatoms. The van der Waals surface area contributed by atoms with E-state index in [2.05, 4.69) is 0 Å². The third kappa shape index (κ3) is 0.294. The lowest BCUT2D eigenvalue weighted by molar-refractivity contribution is -1.08. The maximum absolute atomic E-state index is 8.00. The summed E-state index contributed by atoms with van der Waals surface area (Å²) < 4.78 is 0. The first-order valence-electron chi connectivity index (χ1n) is 17.0. The lowest BCUT2D eigenvalue weighted by atomic mass is 8.49. The second kappa shape index (κ2) is 1.93. The van der Waals surface area contributed by atoms with E-state index in [9.17, 15) is 0 Å². The molecule has 0 aromatic carbocycles. The molecule has 0 bridgehead atoms. The summed E-state index contributed by atoms with van der Waals surface area (Å²) in [5.41, 5.74) is 14.2. The van der Waals surface area contributed by atoms with E-state index in [1.807, 2.05) is 0 Å². The summed E-state index contributed by atoms with van der Waals surface area (Å²) >= 11 is 0. The maximum atomic E-state index is 8.00. The molecule has 35 heavy (non-hydrogen) atoms. The van der Waals surface area contributed by atoms with Gasteiger partial charge >= 0.3 is 0 Å². The Bertz CT molecular complexity index is 1990. The Hall–Kier alpha value is 0.0649. The number of fused-ring (bicyclic) bond motifs is 11. The quantitative estimate of drug-likeness (QED) is 0.506. The van der Waals surface area contributed by atoms with E-state index in [1.54, 1.807) is 25.7 Å². The molecule has 23 saturated carbocycles. The topological polar surface area (TPSA) is 0 Å². The maximum Gasteiger partial charge on any atom is 0.0758 e. The van der Waals surface area contributed by atoms with Crippen LogP contribution in [0.3, 0.4) is 0 Å². The van der Waals surface area contributed by atoms with E-state index in [-0.39, 0.29) is 0 Å². The van der Waals surface area contributed by atoms with Crippen LogP contribution in [0.1, 0.15) is 25.7 Å². The summed E-state index contributed by atoms with van der Waals surface area (Å²) in [5, 5.41) is 0.406. The highest BCUT2D eigenvalue weighted by atomic mass is 15.6. The zero-order chi connectivity index (χ0) is 20.0. The van der Waals surface area contributed by atoms with Gasteiger partial charge in [0.25, 0.3) is 0 Å². The average Bonchev–Trinajstić information content (AvgIpc) is 2.88. The minimum atomic E-state index is 0.406. The van der Waals surface area contributed by atoms with Crippen LogP contribution in [-0.2, 0) is 0 Å². The molecule has 30 atom stereocenters. The molecule has 0 aromatic heterocycles. The Balaban J connectivity index is 1.06. The fourth-order valence-corrected chi connectivity index (χ4v) is 35.1. The van der Waals surface area contributed by atoms with E-state index < -0.39 is 0 Å². The van der Waals surface area contributed by atoms with Crippen molar-refractivity contribution in [3.63, 3.8) is 0 Å². The zero-order valence-electron chi connectivity index (χ0n) is 19.6. The van der Waals surface area contributed by atoms with Crippen molar-refractivity contribution in [2.45, 2.75) is 31.0 Å². The summed E-state index contributed by atoms with van der Waals surface area (Å²) in [5.74, 6) is 19.3. The first-order chi connectivity index (χ1) is 17.2. The van der Waals surface area contributed by atoms with Crippen LogP contribution in [-0.4, -0.2) is 7.85 Å². The Labute approximate surface area is 203 Å². The molecule has 23 rings (SSSR count). The molecule has 23 fully saturated rings. The normalized spacial score (nSPS) is 131. The molecule has 162 valence electrons. The number of hydrogen-bond acceptors (Lipinski definition) is 0. The lowest BCUT2D eigenvalue weighted by Gasteiger charge is -3.53. The Morgan fingerprint density at radius 3 is 1.83 bits per heavy atom. The average molecular weight is 442 g/mol. The van der Waals surface area contributed by atoms with Crippen molar-refractivity contribution in [3.8, 4) is 0 Å². The van der Waals surface area contributed by atoms with Gasteiger partial charge in [-0.3, -0.25) is 0 Å². The highest BCUT2D eigenvalue weighted by Gasteiger charge is 3.56. The predicted molar refractivity (Wildman–Crippen MR) is 113 cm³/mol. The van der Waals surface area contributed by atoms with E-state index in [4.69, 9.17) is 7.85 Å². The first-order valence-corrected chi connectivity index (χ1v) is 17.0. The zero-order valence-corrected chi connectivity index (χ0v) is 19.6. The summed E-state index contributed by atoms with van der Waals surface area (Å²) in [6.45, 7) is 0. The highest BCUT2D eigenvalue weighted by Crippen LogP contribution is 3.58. The predicted octanol–water partition coefficient (Wildman–Crippen LogP) is 3.24. The molecule has 23 aliphatic carbocycles. The molecule has 0 aliphatic heterocycles. The van der Waals surface area contributed by atoms with Gasteiger partial charge in [-0.1, -0.05) is 11.7 Å². The van der Waals surface area contributed by atoms with Crippen LogP contribution in [0, 0.1) is 165 Å². The van der Waals surface area contributed by atoms with Gasteiger partial charge in [-0.25, -0.2) is 0 Å². The molecular formula is C34H23B. The van der Waals surface area contributed by atoms with Crippen LogP contribution >= 0.6 is 0 Å². The molecular weight excluding hydrogens is 419 g/mol. The molecule has 0 nitrogen and oxygen atoms in total. The van der Waals surface area contributed by atoms with Crippen LogP contribution < -0.4 is 0 Å². The molecule has 0 saturated heterocycles. The van der Waals surface area contributed by atoms with Crippen LogP contribution in [0.4, 0.5) is 0 Å². The Morgan fingerprint density at radius 1 is 0.429 bits per heavy atom. The summed E-state index contributed by atoms with van der Waals surface area (Å²) in [7, 11) is 8.00. The van der Waals surface area contributed by atoms with Crippen LogP contribution in [0.25, 0.3) is 0 Å². The van der Waals surface area contributed by atoms with E-state index >= 15 is 0 Å². The minimum absolute atomic E-state index is 0.406.